The SMILES string of the molecule is CC1(C)CC(/C=C/C2=[N+](CCC(=O)O)c3ccc4ccccc4c3C2(C)Cc2ccccc2)=C(Cl)C(=C/C=C2/N(CCC(=O)O)c3ccc4ccccc4c3C2(C)Cc2ccccc2)/C1. The molecule has 0 amide bonds. The largest absolute Gasteiger partial charge is 0.481 e. The van der Waals surface area contributed by atoms with Crippen LogP contribution in [0.4, 0.5) is 11.4 Å². The maximum Gasteiger partial charge on any atom is 0.309 e. The van der Waals surface area contributed by atoms with E-state index >= 15 is 0 Å². The van der Waals surface area contributed by atoms with Crippen LogP contribution >= 0.6 is 11.6 Å². The van der Waals surface area contributed by atoms with Gasteiger partial charge in [0.15, 0.2) is 12.3 Å². The number of carboxylic acids is 2. The van der Waals surface area contributed by atoms with Gasteiger partial charge in [0.05, 0.1) is 11.8 Å². The van der Waals surface area contributed by atoms with Crippen LogP contribution in [0.25, 0.3) is 21.5 Å². The lowest BCUT2D eigenvalue weighted by molar-refractivity contribution is -0.436. The normalized spacial score (nSPS) is 21.6. The van der Waals surface area contributed by atoms with Gasteiger partial charge in [0, 0.05) is 46.1 Å². The Bertz CT molecular complexity index is 3020. The summed E-state index contributed by atoms with van der Waals surface area (Å²) in [6.45, 7) is 9.83. The molecule has 0 saturated carbocycles. The Kier molecular flexibility index (Phi) is 11.8. The zero-order chi connectivity index (χ0) is 45.5. The maximum atomic E-state index is 12.2. The van der Waals surface area contributed by atoms with E-state index in [2.05, 4.69) is 183 Å². The molecule has 328 valence electrons. The minimum Gasteiger partial charge on any atom is -0.481 e. The first-order valence-corrected chi connectivity index (χ1v) is 23.1. The van der Waals surface area contributed by atoms with E-state index < -0.39 is 22.8 Å². The van der Waals surface area contributed by atoms with Gasteiger partial charge in [-0.3, -0.25) is 9.59 Å². The van der Waals surface area contributed by atoms with Crippen molar-refractivity contribution in [2.75, 3.05) is 18.0 Å². The summed E-state index contributed by atoms with van der Waals surface area (Å²) in [6.07, 6.45) is 11.7. The highest BCUT2D eigenvalue weighted by molar-refractivity contribution is 6.32. The van der Waals surface area contributed by atoms with Crippen molar-refractivity contribution in [3.8, 4) is 0 Å². The zero-order valence-electron chi connectivity index (χ0n) is 37.7. The van der Waals surface area contributed by atoms with Crippen LogP contribution in [0.2, 0.25) is 0 Å². The molecule has 2 aliphatic heterocycles. The Morgan fingerprint density at radius 2 is 1.22 bits per heavy atom. The number of carboxylic acid groups (broad SMARTS) is 2. The molecule has 0 radical (unpaired) electrons. The summed E-state index contributed by atoms with van der Waals surface area (Å²) in [6, 6.07) is 46.7. The third kappa shape index (κ3) is 8.37. The molecule has 9 rings (SSSR count). The Hall–Kier alpha value is -6.50. The van der Waals surface area contributed by atoms with Crippen LogP contribution in [-0.4, -0.2) is 45.5 Å². The molecule has 7 heteroatoms. The fourth-order valence-electron chi connectivity index (χ4n) is 11.1. The summed E-state index contributed by atoms with van der Waals surface area (Å²) < 4.78 is 2.22. The molecule has 2 N–H and O–H groups in total. The molecule has 2 heterocycles. The topological polar surface area (TPSA) is 80.9 Å². The molecule has 2 unspecified atom stereocenters. The van der Waals surface area contributed by atoms with Crippen LogP contribution < -0.4 is 4.90 Å². The van der Waals surface area contributed by atoms with Crippen LogP contribution in [-0.2, 0) is 33.3 Å². The van der Waals surface area contributed by atoms with Gasteiger partial charge < -0.3 is 15.1 Å². The predicted molar refractivity (Wildman–Crippen MR) is 266 cm³/mol. The number of nitrogens with zero attached hydrogens (tertiary/aromatic N) is 2. The number of fused-ring (bicyclic) bond motifs is 6. The highest BCUT2D eigenvalue weighted by Gasteiger charge is 2.49. The molecule has 1 aliphatic carbocycles. The van der Waals surface area contributed by atoms with Gasteiger partial charge >= 0.3 is 11.9 Å². The van der Waals surface area contributed by atoms with Crippen molar-refractivity contribution in [3.63, 3.8) is 0 Å². The van der Waals surface area contributed by atoms with Crippen molar-refractivity contribution in [1.82, 2.24) is 0 Å². The average Bonchev–Trinajstić information content (AvgIpc) is 3.67. The Labute approximate surface area is 387 Å². The van der Waals surface area contributed by atoms with Gasteiger partial charge in [-0.05, 0) is 113 Å². The Balaban J connectivity index is 1.18. The molecule has 3 aliphatic rings. The van der Waals surface area contributed by atoms with E-state index in [1.54, 1.807) is 0 Å². The van der Waals surface area contributed by atoms with Crippen molar-refractivity contribution in [2.24, 2.45) is 5.41 Å². The van der Waals surface area contributed by atoms with E-state index in [1.165, 1.54) is 33.0 Å². The number of rotatable bonds is 13. The van der Waals surface area contributed by atoms with Crippen molar-refractivity contribution in [2.45, 2.75) is 77.0 Å². The van der Waals surface area contributed by atoms with Crippen LogP contribution in [0.15, 0.2) is 180 Å². The van der Waals surface area contributed by atoms with Gasteiger partial charge in [0.25, 0.3) is 0 Å². The highest BCUT2D eigenvalue weighted by Crippen LogP contribution is 2.53. The first-order valence-electron chi connectivity index (χ1n) is 22.7. The summed E-state index contributed by atoms with van der Waals surface area (Å²) in [5.41, 5.74) is 9.93. The molecule has 6 aromatic rings. The third-order valence-corrected chi connectivity index (χ3v) is 14.4. The molecule has 0 aromatic heterocycles. The summed E-state index contributed by atoms with van der Waals surface area (Å²) in [5.74, 6) is -1.67. The minimum atomic E-state index is -0.837. The van der Waals surface area contributed by atoms with Crippen molar-refractivity contribution in [3.05, 3.63) is 202 Å². The Morgan fingerprint density at radius 1 is 0.646 bits per heavy atom. The van der Waals surface area contributed by atoms with E-state index in [-0.39, 0.29) is 18.3 Å². The lowest BCUT2D eigenvalue weighted by atomic mass is 9.72. The molecule has 0 bridgehead atoms. The van der Waals surface area contributed by atoms with Gasteiger partial charge in [-0.25, -0.2) is 0 Å². The average molecular weight is 881 g/mol. The first-order chi connectivity index (χ1) is 31.3. The Morgan fingerprint density at radius 3 is 1.85 bits per heavy atom. The highest BCUT2D eigenvalue weighted by atomic mass is 35.5. The number of aliphatic carboxylic acids is 2. The van der Waals surface area contributed by atoms with Crippen molar-refractivity contribution in [1.29, 1.82) is 0 Å². The smallest absolute Gasteiger partial charge is 0.309 e. The van der Waals surface area contributed by atoms with E-state index in [4.69, 9.17) is 11.6 Å². The summed E-state index contributed by atoms with van der Waals surface area (Å²) >= 11 is 7.60. The maximum absolute atomic E-state index is 12.2. The monoisotopic (exact) mass is 879 g/mol. The van der Waals surface area contributed by atoms with Gasteiger partial charge in [0.2, 0.25) is 5.69 Å². The van der Waals surface area contributed by atoms with Crippen molar-refractivity contribution >= 4 is 62.2 Å². The van der Waals surface area contributed by atoms with Gasteiger partial charge in [-0.2, -0.15) is 4.58 Å². The van der Waals surface area contributed by atoms with Gasteiger partial charge in [-0.15, -0.1) is 0 Å². The molecule has 6 aromatic carbocycles. The third-order valence-electron chi connectivity index (χ3n) is 13.9. The zero-order valence-corrected chi connectivity index (χ0v) is 38.4. The van der Waals surface area contributed by atoms with E-state index in [1.807, 2.05) is 12.1 Å². The second-order valence-corrected chi connectivity index (χ2v) is 19.6. The fourth-order valence-corrected chi connectivity index (χ4v) is 11.4. The van der Waals surface area contributed by atoms with Crippen LogP contribution in [0.3, 0.4) is 0 Å². The van der Waals surface area contributed by atoms with Gasteiger partial charge in [-0.1, -0.05) is 153 Å². The molecule has 0 fully saturated rings. The number of hydrogen-bond acceptors (Lipinski definition) is 3. The number of benzene rings is 6. The van der Waals surface area contributed by atoms with Crippen LogP contribution in [0, 0.1) is 5.41 Å². The van der Waals surface area contributed by atoms with E-state index in [0.29, 0.717) is 18.1 Å². The van der Waals surface area contributed by atoms with E-state index in [9.17, 15) is 19.8 Å². The number of halogens is 1. The second kappa shape index (κ2) is 17.5. The van der Waals surface area contributed by atoms with E-state index in [0.717, 1.165) is 70.4 Å². The first kappa shape index (κ1) is 43.7. The number of anilines is 1. The number of hydrogen-bond donors (Lipinski definition) is 2. The van der Waals surface area contributed by atoms with Crippen LogP contribution in [0.1, 0.15) is 75.6 Å². The standard InChI is InChI=1S/C58H55ClN2O4/c1-56(2)37-43(25-29-49-57(3,35-39-15-7-5-8-16-39)53-45-21-13-11-19-41(45)23-27-47(53)60(49)33-31-51(62)63)55(59)44(38-56)26-30-50-58(4,36-40-17-9-6-10-18-40)54-46-22-14-12-20-42(46)24-28-48(54)61(50)34-32-52(64)65/h5-30H,31-38H2,1-4H3,(H-,62,63,64,65)/p+1. The summed E-state index contributed by atoms with van der Waals surface area (Å²) in [4.78, 5) is 26.6. The molecular formula is C58H56ClN2O4+. The summed E-state index contributed by atoms with van der Waals surface area (Å²) in [5, 5.41) is 25.3. The number of carbonyl (C=O) groups is 2. The molecule has 0 saturated heterocycles. The van der Waals surface area contributed by atoms with Crippen LogP contribution in [0.5, 0.6) is 0 Å². The lowest BCUT2D eigenvalue weighted by Crippen LogP contribution is -2.34. The van der Waals surface area contributed by atoms with Gasteiger partial charge in [0.1, 0.15) is 6.42 Å². The fraction of sp³-hybridized carbons (Fsp3) is 0.259. The quantitative estimate of drug-likeness (QED) is 0.113. The lowest BCUT2D eigenvalue weighted by Gasteiger charge is -2.33. The minimum absolute atomic E-state index is 0.00457. The second-order valence-electron chi connectivity index (χ2n) is 19.3. The molecule has 2 atom stereocenters. The molecule has 0 spiro atoms. The molecule has 65 heavy (non-hydrogen) atoms. The predicted octanol–water partition coefficient (Wildman–Crippen LogP) is 13.2. The number of allylic oxidation sites excluding steroid dienone is 8. The van der Waals surface area contributed by atoms with Crippen molar-refractivity contribution < 1.29 is 24.4 Å². The molecular weight excluding hydrogens is 824 g/mol. The summed E-state index contributed by atoms with van der Waals surface area (Å²) in [7, 11) is 0. The molecule has 6 nitrogen and oxygen atoms in total.